The lowest BCUT2D eigenvalue weighted by molar-refractivity contribution is 0.148. The summed E-state index contributed by atoms with van der Waals surface area (Å²) in [6, 6.07) is 34.5. The second-order valence-electron chi connectivity index (χ2n) is 13.6. The molecule has 3 heterocycles. The van der Waals surface area contributed by atoms with Gasteiger partial charge in [-0.15, -0.1) is 0 Å². The Morgan fingerprint density at radius 2 is 1.57 bits per heavy atom. The molecule has 1 amide bonds. The molecule has 4 aromatic rings. The summed E-state index contributed by atoms with van der Waals surface area (Å²) in [7, 11) is 2.15. The fourth-order valence-electron chi connectivity index (χ4n) is 7.19. The molecule has 6 nitrogen and oxygen atoms in total. The van der Waals surface area contributed by atoms with Crippen molar-refractivity contribution < 1.29 is 9.53 Å². The zero-order chi connectivity index (χ0) is 36.1. The third-order valence-electron chi connectivity index (χ3n) is 9.80. The number of fused-ring (bicyclic) bond motifs is 2. The van der Waals surface area contributed by atoms with Crippen LogP contribution >= 0.6 is 0 Å². The summed E-state index contributed by atoms with van der Waals surface area (Å²) in [6.45, 7) is 12.3. The van der Waals surface area contributed by atoms with Crippen molar-refractivity contribution in [2.75, 3.05) is 30.8 Å². The van der Waals surface area contributed by atoms with Crippen LogP contribution in [0.25, 0.3) is 5.57 Å². The maximum atomic E-state index is 13.9. The van der Waals surface area contributed by atoms with Gasteiger partial charge in [0.1, 0.15) is 6.61 Å². The SMILES string of the molecule is CC.CC1C(/C=C/C2=C(c3ccccc3)C(=C/C=C3/N(C(=O)OCc4ccc(N)cc4)c4ccccc4C3(C)C)/CN(C)C2)=Nc2ccccc21. The van der Waals surface area contributed by atoms with Gasteiger partial charge in [-0.3, -0.25) is 9.89 Å². The van der Waals surface area contributed by atoms with E-state index >= 15 is 0 Å². The van der Waals surface area contributed by atoms with Gasteiger partial charge in [0.15, 0.2) is 0 Å². The first-order valence-corrected chi connectivity index (χ1v) is 17.9. The quantitative estimate of drug-likeness (QED) is 0.206. The van der Waals surface area contributed by atoms with Crippen LogP contribution in [-0.2, 0) is 16.8 Å². The molecule has 0 saturated heterocycles. The van der Waals surface area contributed by atoms with E-state index < -0.39 is 11.5 Å². The van der Waals surface area contributed by atoms with Gasteiger partial charge < -0.3 is 10.5 Å². The number of amides is 1. The lowest BCUT2D eigenvalue weighted by Crippen LogP contribution is -2.32. The molecule has 4 aromatic carbocycles. The van der Waals surface area contributed by atoms with E-state index in [0.29, 0.717) is 5.69 Å². The summed E-state index contributed by atoms with van der Waals surface area (Å²) in [4.78, 5) is 22.9. The average Bonchev–Trinajstić information content (AvgIpc) is 3.59. The van der Waals surface area contributed by atoms with Crippen LogP contribution in [0.4, 0.5) is 21.9 Å². The van der Waals surface area contributed by atoms with Gasteiger partial charge in [-0.05, 0) is 82.4 Å². The zero-order valence-electron chi connectivity index (χ0n) is 30.6. The standard InChI is InChI=1S/C43H42N4O2.C2H6/c1-29-35-14-8-10-16-38(35)45-37(29)24-20-32-26-46(4)27-33(41(32)31-12-6-5-7-13-31)21-25-40-43(2,3)36-15-9-11-17-39(36)47(40)42(48)49-28-30-18-22-34(44)23-19-30;1-2/h5-25,29H,26-28,44H2,1-4H3;1-2H3/b24-20+,33-21+,40-25+;. The van der Waals surface area contributed by atoms with Crippen LogP contribution in [0.5, 0.6) is 0 Å². The highest BCUT2D eigenvalue weighted by atomic mass is 16.6. The molecule has 0 fully saturated rings. The second kappa shape index (κ2) is 15.2. The molecule has 260 valence electrons. The Morgan fingerprint density at radius 1 is 0.882 bits per heavy atom. The molecule has 51 heavy (non-hydrogen) atoms. The number of ether oxygens (including phenoxy) is 1. The van der Waals surface area contributed by atoms with Gasteiger partial charge in [0.2, 0.25) is 0 Å². The van der Waals surface area contributed by atoms with Crippen molar-refractivity contribution in [2.45, 2.75) is 52.6 Å². The lowest BCUT2D eigenvalue weighted by atomic mass is 9.83. The highest BCUT2D eigenvalue weighted by molar-refractivity contribution is 6.06. The van der Waals surface area contributed by atoms with Crippen molar-refractivity contribution >= 4 is 34.4 Å². The average molecular weight is 677 g/mol. The Morgan fingerprint density at radius 3 is 2.31 bits per heavy atom. The van der Waals surface area contributed by atoms with Crippen LogP contribution in [0.1, 0.15) is 62.8 Å². The van der Waals surface area contributed by atoms with E-state index in [-0.39, 0.29) is 12.5 Å². The molecule has 0 radical (unpaired) electrons. The van der Waals surface area contributed by atoms with Crippen molar-refractivity contribution in [3.05, 3.63) is 167 Å². The first kappa shape index (κ1) is 35.4. The number of rotatable bonds is 6. The summed E-state index contributed by atoms with van der Waals surface area (Å²) in [5.41, 5.74) is 18.0. The minimum Gasteiger partial charge on any atom is -0.444 e. The molecule has 0 saturated carbocycles. The molecule has 6 heteroatoms. The molecular formula is C45H48N4O2. The van der Waals surface area contributed by atoms with Crippen LogP contribution in [0, 0.1) is 0 Å². The van der Waals surface area contributed by atoms with Gasteiger partial charge in [0.25, 0.3) is 0 Å². The number of benzene rings is 4. The van der Waals surface area contributed by atoms with Crippen LogP contribution in [0.2, 0.25) is 0 Å². The van der Waals surface area contributed by atoms with Crippen LogP contribution in [-0.4, -0.2) is 36.8 Å². The Bertz CT molecular complexity index is 2050. The number of nitrogens with zero attached hydrogens (tertiary/aromatic N) is 3. The normalized spacial score (nSPS) is 19.5. The molecule has 0 bridgehead atoms. The summed E-state index contributed by atoms with van der Waals surface area (Å²) < 4.78 is 5.91. The van der Waals surface area contributed by atoms with Crippen molar-refractivity contribution in [2.24, 2.45) is 4.99 Å². The van der Waals surface area contributed by atoms with Gasteiger partial charge in [-0.1, -0.05) is 126 Å². The fraction of sp³-hybridized carbons (Fsp3) is 0.244. The number of likely N-dealkylation sites (N-methyl/N-ethyl adjacent to an activating group) is 1. The highest BCUT2D eigenvalue weighted by Gasteiger charge is 2.43. The number of anilines is 2. The number of nitrogen functional groups attached to an aromatic ring is 1. The van der Waals surface area contributed by atoms with Crippen LogP contribution in [0.15, 0.2) is 149 Å². The van der Waals surface area contributed by atoms with Crippen LogP contribution in [0.3, 0.4) is 0 Å². The number of nitrogens with two attached hydrogens (primary N) is 1. The Balaban J connectivity index is 0.00000220. The molecular weight excluding hydrogens is 629 g/mol. The summed E-state index contributed by atoms with van der Waals surface area (Å²) in [5, 5.41) is 0. The molecule has 3 aliphatic rings. The number of aliphatic imine (C=N–C) groups is 1. The molecule has 0 aromatic heterocycles. The van der Waals surface area contributed by atoms with E-state index in [1.807, 2.05) is 62.4 Å². The maximum absolute atomic E-state index is 13.9. The predicted octanol–water partition coefficient (Wildman–Crippen LogP) is 10.4. The maximum Gasteiger partial charge on any atom is 0.419 e. The molecule has 3 aliphatic heterocycles. The third-order valence-corrected chi connectivity index (χ3v) is 9.80. The number of carbonyl (C=O) groups excluding carboxylic acids is 1. The summed E-state index contributed by atoms with van der Waals surface area (Å²) >= 11 is 0. The number of para-hydroxylation sites is 2. The minimum atomic E-state index is -0.431. The molecule has 2 N–H and O–H groups in total. The van der Waals surface area contributed by atoms with Gasteiger partial charge in [0, 0.05) is 41.5 Å². The number of hydrogen-bond donors (Lipinski definition) is 1. The van der Waals surface area contributed by atoms with E-state index in [1.54, 1.807) is 4.90 Å². The van der Waals surface area contributed by atoms with Crippen molar-refractivity contribution in [3.63, 3.8) is 0 Å². The Hall–Kier alpha value is -5.46. The van der Waals surface area contributed by atoms with Crippen LogP contribution < -0.4 is 10.6 Å². The number of carbonyl (C=O) groups is 1. The van der Waals surface area contributed by atoms with E-state index in [9.17, 15) is 4.79 Å². The first-order valence-electron chi connectivity index (χ1n) is 17.9. The second-order valence-corrected chi connectivity index (χ2v) is 13.6. The third kappa shape index (κ3) is 7.24. The molecule has 7 rings (SSSR count). The van der Waals surface area contributed by atoms with Gasteiger partial charge in [-0.2, -0.15) is 0 Å². The smallest absolute Gasteiger partial charge is 0.419 e. The summed E-state index contributed by atoms with van der Waals surface area (Å²) in [5.74, 6) is 0.242. The summed E-state index contributed by atoms with van der Waals surface area (Å²) in [6.07, 6.45) is 8.34. The first-order chi connectivity index (χ1) is 24.7. The van der Waals surface area contributed by atoms with Gasteiger partial charge in [-0.25, -0.2) is 9.69 Å². The Labute approximate surface area is 303 Å². The monoisotopic (exact) mass is 676 g/mol. The minimum absolute atomic E-state index is 0.156. The zero-order valence-corrected chi connectivity index (χ0v) is 30.6. The highest BCUT2D eigenvalue weighted by Crippen LogP contribution is 2.48. The topological polar surface area (TPSA) is 71.2 Å². The largest absolute Gasteiger partial charge is 0.444 e. The molecule has 1 unspecified atom stereocenters. The number of allylic oxidation sites excluding steroid dienone is 4. The fourth-order valence-corrected chi connectivity index (χ4v) is 7.19. The van der Waals surface area contributed by atoms with E-state index in [4.69, 9.17) is 15.5 Å². The predicted molar refractivity (Wildman–Crippen MR) is 212 cm³/mol. The van der Waals surface area contributed by atoms with E-state index in [0.717, 1.165) is 47.0 Å². The molecule has 0 aliphatic carbocycles. The molecule has 1 atom stereocenters. The molecule has 0 spiro atoms. The van der Waals surface area contributed by atoms with E-state index in [1.165, 1.54) is 27.8 Å². The lowest BCUT2D eigenvalue weighted by Gasteiger charge is -2.30. The van der Waals surface area contributed by atoms with E-state index in [2.05, 4.69) is 112 Å². The Kier molecular flexibility index (Phi) is 10.5. The van der Waals surface area contributed by atoms with Gasteiger partial charge >= 0.3 is 6.09 Å². The number of hydrogen-bond acceptors (Lipinski definition) is 5. The van der Waals surface area contributed by atoms with Gasteiger partial charge in [0.05, 0.1) is 11.4 Å². The van der Waals surface area contributed by atoms with Crippen molar-refractivity contribution in [1.29, 1.82) is 0 Å². The van der Waals surface area contributed by atoms with Crippen molar-refractivity contribution in [3.8, 4) is 0 Å². The van der Waals surface area contributed by atoms with Crippen molar-refractivity contribution in [1.82, 2.24) is 4.90 Å².